The number of anilines is 2. The summed E-state index contributed by atoms with van der Waals surface area (Å²) in [5, 5.41) is 2.58. The summed E-state index contributed by atoms with van der Waals surface area (Å²) in [7, 11) is -11.5. The van der Waals surface area contributed by atoms with E-state index >= 15 is 0 Å². The van der Waals surface area contributed by atoms with E-state index in [2.05, 4.69) is 22.4 Å². The predicted molar refractivity (Wildman–Crippen MR) is 204 cm³/mol. The van der Waals surface area contributed by atoms with Gasteiger partial charge in [-0.15, -0.1) is 0 Å². The zero-order valence-corrected chi connectivity index (χ0v) is 32.1. The minimum absolute atomic E-state index is 0.0109. The molecule has 16 nitrogen and oxygen atoms in total. The van der Waals surface area contributed by atoms with Crippen LogP contribution in [0.15, 0.2) is 105 Å². The summed E-state index contributed by atoms with van der Waals surface area (Å²) in [5.74, 6) is -1.98. The molecule has 54 heavy (non-hydrogen) atoms. The molecule has 0 aliphatic rings. The van der Waals surface area contributed by atoms with Crippen molar-refractivity contribution in [1.29, 1.82) is 0 Å². The Labute approximate surface area is 318 Å². The molecule has 0 aliphatic heterocycles. The molecule has 0 fully saturated rings. The van der Waals surface area contributed by atoms with Gasteiger partial charge >= 0.3 is 0 Å². The third-order valence-electron chi connectivity index (χ3n) is 7.71. The van der Waals surface area contributed by atoms with Crippen molar-refractivity contribution in [3.8, 4) is 5.75 Å². The molecule has 4 aromatic rings. The van der Waals surface area contributed by atoms with Crippen molar-refractivity contribution >= 4 is 81.2 Å². The molecule has 288 valence electrons. The Morgan fingerprint density at radius 3 is 1.56 bits per heavy atom. The highest BCUT2D eigenvalue weighted by atomic mass is 32.2. The normalized spacial score (nSPS) is 11.8. The van der Waals surface area contributed by atoms with Gasteiger partial charge in [-0.2, -0.15) is 0 Å². The maximum Gasteiger partial charge on any atom is 0.264 e. The highest BCUT2D eigenvalue weighted by Crippen LogP contribution is 2.38. The minimum atomic E-state index is -4.60. The summed E-state index contributed by atoms with van der Waals surface area (Å²) >= 11 is 4.46. The lowest BCUT2D eigenvalue weighted by molar-refractivity contribution is -0.117. The number of thiocarbonyl (C=S) groups is 1. The standard InChI is InChI=1S/C34H37N5O11S4/c1-48-25-6-8-27(9-7-25)53(44,45)38(22-33(35)40)31-14-15-32(30-5-3-2-4-29(30)31)39(23-34(36)41)54(46,47)28-12-10-26(11-13-28)52(42,43)21-20-50-19-18-49-17-16-37-24-51/h2-15H,16-23H2,1H3,(H2,35,40)(H2,36,41). The lowest BCUT2D eigenvalue weighted by Gasteiger charge is -2.28. The topological polar surface area (TPSA) is 235 Å². The van der Waals surface area contributed by atoms with Gasteiger partial charge in [-0.3, -0.25) is 18.2 Å². The second-order valence-electron chi connectivity index (χ2n) is 11.3. The number of rotatable bonds is 21. The fourth-order valence-electron chi connectivity index (χ4n) is 5.17. The molecule has 4 aromatic carbocycles. The van der Waals surface area contributed by atoms with Crippen molar-refractivity contribution in [1.82, 2.24) is 0 Å². The first kappa shape index (κ1) is 41.8. The van der Waals surface area contributed by atoms with Gasteiger partial charge in [0.15, 0.2) is 9.84 Å². The number of hydrogen-bond acceptors (Lipinski definition) is 13. The molecule has 4 N–H and O–H groups in total. The maximum atomic E-state index is 14.1. The first-order valence-corrected chi connectivity index (χ1v) is 20.9. The number of nitrogens with two attached hydrogens (primary N) is 2. The Morgan fingerprint density at radius 2 is 1.11 bits per heavy atom. The summed E-state index contributed by atoms with van der Waals surface area (Å²) in [6.45, 7) is -0.720. The second kappa shape index (κ2) is 18.4. The molecule has 4 rings (SSSR count). The molecule has 0 saturated heterocycles. The number of hydrogen-bond donors (Lipinski definition) is 2. The average molecular weight is 820 g/mol. The number of sulfone groups is 1. The lowest BCUT2D eigenvalue weighted by Crippen LogP contribution is -2.39. The summed E-state index contributed by atoms with van der Waals surface area (Å²) in [6.07, 6.45) is 0. The summed E-state index contributed by atoms with van der Waals surface area (Å²) in [5.41, 5.74) is 10.9. The van der Waals surface area contributed by atoms with Crippen molar-refractivity contribution in [3.63, 3.8) is 0 Å². The molecule has 0 saturated carbocycles. The first-order valence-electron chi connectivity index (χ1n) is 15.9. The quantitative estimate of drug-likeness (QED) is 0.0699. The van der Waals surface area contributed by atoms with Gasteiger partial charge in [-0.25, -0.2) is 30.2 Å². The molecule has 0 unspecified atom stereocenters. The Kier molecular flexibility index (Phi) is 14.2. The van der Waals surface area contributed by atoms with Crippen LogP contribution in [-0.2, 0) is 48.9 Å². The van der Waals surface area contributed by atoms with Crippen molar-refractivity contribution in [2.24, 2.45) is 16.5 Å². The van der Waals surface area contributed by atoms with Crippen molar-refractivity contribution in [2.45, 2.75) is 14.7 Å². The van der Waals surface area contributed by atoms with Crippen LogP contribution in [0.25, 0.3) is 10.8 Å². The molecular formula is C34H37N5O11S4. The van der Waals surface area contributed by atoms with Gasteiger partial charge in [0.2, 0.25) is 11.8 Å². The van der Waals surface area contributed by atoms with Crippen LogP contribution in [0.2, 0.25) is 0 Å². The number of isothiocyanates is 1. The van der Waals surface area contributed by atoms with Gasteiger partial charge in [-0.1, -0.05) is 24.3 Å². The Hall–Kier alpha value is -4.95. The molecule has 0 radical (unpaired) electrons. The lowest BCUT2D eigenvalue weighted by atomic mass is 10.1. The van der Waals surface area contributed by atoms with Crippen LogP contribution in [-0.4, -0.2) is 101 Å². The van der Waals surface area contributed by atoms with E-state index in [1.807, 2.05) is 0 Å². The van der Waals surface area contributed by atoms with E-state index in [1.54, 1.807) is 12.1 Å². The minimum Gasteiger partial charge on any atom is -0.497 e. The SMILES string of the molecule is COc1ccc(S(=O)(=O)N(CC(N)=O)c2ccc(N(CC(N)=O)S(=O)(=O)c3ccc(S(=O)(=O)CCOCCOCCN=C=S)cc3)c3ccccc23)cc1. The zero-order valence-electron chi connectivity index (χ0n) is 28.9. The van der Waals surface area contributed by atoms with E-state index in [9.17, 15) is 34.8 Å². The number of benzene rings is 4. The number of sulfonamides is 2. The predicted octanol–water partition coefficient (Wildman–Crippen LogP) is 2.12. The molecule has 0 spiro atoms. The van der Waals surface area contributed by atoms with E-state index in [0.29, 0.717) is 18.9 Å². The number of primary amides is 2. The highest BCUT2D eigenvalue weighted by molar-refractivity contribution is 7.93. The third kappa shape index (κ3) is 10.2. The number of fused-ring (bicyclic) bond motifs is 1. The van der Waals surface area contributed by atoms with Crippen molar-refractivity contribution in [2.75, 3.05) is 67.5 Å². The zero-order chi connectivity index (χ0) is 39.5. The highest BCUT2D eigenvalue weighted by Gasteiger charge is 2.32. The number of ether oxygens (including phenoxy) is 3. The largest absolute Gasteiger partial charge is 0.497 e. The molecule has 20 heteroatoms. The number of aliphatic imine (C=N–C) groups is 1. The van der Waals surface area contributed by atoms with Crippen LogP contribution in [0.1, 0.15) is 0 Å². The van der Waals surface area contributed by atoms with E-state index in [1.165, 1.54) is 55.6 Å². The van der Waals surface area contributed by atoms with Gasteiger partial charge in [0.25, 0.3) is 20.0 Å². The molecule has 0 aliphatic carbocycles. The van der Waals surface area contributed by atoms with Crippen LogP contribution in [0.3, 0.4) is 0 Å². The van der Waals surface area contributed by atoms with Gasteiger partial charge in [0.05, 0.1) is 77.1 Å². The summed E-state index contributed by atoms with van der Waals surface area (Å²) < 4.78 is 99.2. The van der Waals surface area contributed by atoms with Crippen LogP contribution in [0.5, 0.6) is 5.75 Å². The fraction of sp³-hybridized carbons (Fsp3) is 0.265. The first-order chi connectivity index (χ1) is 25.6. The summed E-state index contributed by atoms with van der Waals surface area (Å²) in [6, 6.07) is 18.6. The van der Waals surface area contributed by atoms with Crippen molar-refractivity contribution < 1.29 is 49.1 Å². The van der Waals surface area contributed by atoms with Crippen molar-refractivity contribution in [3.05, 3.63) is 84.9 Å². The molecule has 0 heterocycles. The fourth-order valence-corrected chi connectivity index (χ4v) is 9.28. The molecule has 2 amide bonds. The van der Waals surface area contributed by atoms with Gasteiger partial charge < -0.3 is 25.7 Å². The second-order valence-corrected chi connectivity index (χ2v) is 17.3. The number of nitrogens with zero attached hydrogens (tertiary/aromatic N) is 3. The van der Waals surface area contributed by atoms with Crippen LogP contribution < -0.4 is 24.8 Å². The smallest absolute Gasteiger partial charge is 0.264 e. The average Bonchev–Trinajstić information content (AvgIpc) is 3.15. The van der Waals surface area contributed by atoms with Gasteiger partial charge in [0.1, 0.15) is 18.8 Å². The maximum absolute atomic E-state index is 14.1. The number of methoxy groups -OCH3 is 1. The van der Waals surface area contributed by atoms with Gasteiger partial charge in [0, 0.05) is 10.8 Å². The molecule has 0 atom stereocenters. The Morgan fingerprint density at radius 1 is 0.667 bits per heavy atom. The number of carbonyl (C=O) groups excluding carboxylic acids is 2. The molecule has 0 aromatic heterocycles. The monoisotopic (exact) mass is 819 g/mol. The van der Waals surface area contributed by atoms with E-state index < -0.39 is 54.8 Å². The van der Waals surface area contributed by atoms with Crippen LogP contribution in [0, 0.1) is 0 Å². The van der Waals surface area contributed by atoms with E-state index in [4.69, 9.17) is 25.7 Å². The van der Waals surface area contributed by atoms with Gasteiger partial charge in [-0.05, 0) is 72.9 Å². The van der Waals surface area contributed by atoms with E-state index in [-0.39, 0.29) is 62.4 Å². The van der Waals surface area contributed by atoms with Crippen LogP contribution >= 0.6 is 12.2 Å². The summed E-state index contributed by atoms with van der Waals surface area (Å²) in [4.78, 5) is 27.5. The Balaban J connectivity index is 1.66. The number of carbonyl (C=O) groups is 2. The molecular weight excluding hydrogens is 783 g/mol. The molecule has 0 bridgehead atoms. The Bertz CT molecular complexity index is 2350. The number of amides is 2. The third-order valence-corrected chi connectivity index (χ3v) is 13.1. The van der Waals surface area contributed by atoms with Crippen LogP contribution in [0.4, 0.5) is 11.4 Å². The van der Waals surface area contributed by atoms with E-state index in [0.717, 1.165) is 32.9 Å².